The second-order valence-electron chi connectivity index (χ2n) is 4.22. The number of carbonyl (C=O) groups is 1. The molecule has 1 atom stereocenters. The quantitative estimate of drug-likeness (QED) is 0.613. The molecule has 0 radical (unpaired) electrons. The average Bonchev–Trinajstić information content (AvgIpc) is 2.37. The molecule has 0 saturated heterocycles. The molecule has 7 nitrogen and oxygen atoms in total. The average molecular weight is 303 g/mol. The maximum atomic E-state index is 11.8. The monoisotopic (exact) mass is 303 g/mol. The molecule has 1 unspecified atom stereocenters. The molecule has 3 N–H and O–H groups in total. The van der Waals surface area contributed by atoms with Crippen molar-refractivity contribution in [2.24, 2.45) is 0 Å². The van der Waals surface area contributed by atoms with E-state index in [1.54, 1.807) is 0 Å². The molecular formula is C12H17NO6S. The summed E-state index contributed by atoms with van der Waals surface area (Å²) >= 11 is 0. The first kappa shape index (κ1) is 16.6. The second kappa shape index (κ2) is 7.34. The Labute approximate surface area is 117 Å². The number of sulfonamides is 1. The zero-order valence-corrected chi connectivity index (χ0v) is 11.8. The molecule has 0 amide bonds. The lowest BCUT2D eigenvalue weighted by atomic mass is 10.1. The summed E-state index contributed by atoms with van der Waals surface area (Å²) in [5, 5.41) is 18.2. The molecule has 0 heterocycles. The maximum absolute atomic E-state index is 11.8. The van der Waals surface area contributed by atoms with Crippen LogP contribution >= 0.6 is 0 Å². The van der Waals surface area contributed by atoms with Crippen LogP contribution < -0.4 is 4.72 Å². The molecule has 0 bridgehead atoms. The van der Waals surface area contributed by atoms with E-state index in [1.165, 1.54) is 31.4 Å². The minimum Gasteiger partial charge on any atom is -0.478 e. The molecule has 0 fully saturated rings. The maximum Gasteiger partial charge on any atom is 0.335 e. The topological polar surface area (TPSA) is 113 Å². The third-order valence-corrected chi connectivity index (χ3v) is 3.75. The van der Waals surface area contributed by atoms with Crippen LogP contribution in [-0.4, -0.2) is 51.0 Å². The lowest BCUT2D eigenvalue weighted by Gasteiger charge is -2.11. The van der Waals surface area contributed by atoms with Gasteiger partial charge in [-0.15, -0.1) is 0 Å². The number of aromatic carboxylic acids is 1. The lowest BCUT2D eigenvalue weighted by molar-refractivity contribution is 0.0679. The van der Waals surface area contributed by atoms with Crippen molar-refractivity contribution in [3.8, 4) is 0 Å². The van der Waals surface area contributed by atoms with Crippen molar-refractivity contribution in [1.29, 1.82) is 0 Å². The highest BCUT2D eigenvalue weighted by Gasteiger charge is 2.15. The van der Waals surface area contributed by atoms with Gasteiger partial charge < -0.3 is 14.9 Å². The highest BCUT2D eigenvalue weighted by atomic mass is 32.2. The van der Waals surface area contributed by atoms with Crippen molar-refractivity contribution in [2.45, 2.75) is 11.9 Å². The lowest BCUT2D eigenvalue weighted by Crippen LogP contribution is -2.35. The first-order chi connectivity index (χ1) is 9.34. The van der Waals surface area contributed by atoms with E-state index in [2.05, 4.69) is 9.46 Å². The number of ether oxygens (including phenoxy) is 1. The summed E-state index contributed by atoms with van der Waals surface area (Å²) in [7, 11) is -2.25. The predicted molar refractivity (Wildman–Crippen MR) is 71.9 cm³/mol. The van der Waals surface area contributed by atoms with Crippen LogP contribution in [0.2, 0.25) is 0 Å². The smallest absolute Gasteiger partial charge is 0.335 e. The van der Waals surface area contributed by atoms with Crippen LogP contribution in [-0.2, 0) is 20.5 Å². The van der Waals surface area contributed by atoms with E-state index in [9.17, 15) is 18.3 Å². The summed E-state index contributed by atoms with van der Waals surface area (Å²) in [6, 6.07) is 5.69. The number of benzene rings is 1. The SMILES string of the molecule is COCC(O)CNS(=O)(=O)Cc1cccc(C(=O)O)c1. The highest BCUT2D eigenvalue weighted by molar-refractivity contribution is 7.88. The van der Waals surface area contributed by atoms with Crippen LogP contribution in [0.4, 0.5) is 0 Å². The predicted octanol–water partition coefficient (Wildman–Crippen LogP) is -0.188. The number of rotatable bonds is 8. The molecule has 0 aliphatic rings. The van der Waals surface area contributed by atoms with Gasteiger partial charge in [0.1, 0.15) is 0 Å². The molecule has 1 aromatic carbocycles. The fraction of sp³-hybridized carbons (Fsp3) is 0.417. The van der Waals surface area contributed by atoms with Gasteiger partial charge in [-0.3, -0.25) is 0 Å². The molecule has 1 aromatic rings. The summed E-state index contributed by atoms with van der Waals surface area (Å²) in [6.45, 7) is -0.133. The Kier molecular flexibility index (Phi) is 6.08. The van der Waals surface area contributed by atoms with Gasteiger partial charge in [-0.2, -0.15) is 0 Å². The van der Waals surface area contributed by atoms with Crippen molar-refractivity contribution in [3.63, 3.8) is 0 Å². The zero-order chi connectivity index (χ0) is 15.2. The number of aliphatic hydroxyl groups is 1. The Balaban J connectivity index is 2.66. The number of aliphatic hydroxyl groups excluding tert-OH is 1. The van der Waals surface area contributed by atoms with Gasteiger partial charge in [-0.25, -0.2) is 17.9 Å². The highest BCUT2D eigenvalue weighted by Crippen LogP contribution is 2.08. The fourth-order valence-electron chi connectivity index (χ4n) is 1.54. The fourth-order valence-corrected chi connectivity index (χ4v) is 2.71. The third kappa shape index (κ3) is 5.66. The van der Waals surface area contributed by atoms with Gasteiger partial charge >= 0.3 is 5.97 Å². The Hall–Kier alpha value is -1.48. The van der Waals surface area contributed by atoms with E-state index in [-0.39, 0.29) is 24.5 Å². The Morgan fingerprint density at radius 1 is 1.45 bits per heavy atom. The van der Waals surface area contributed by atoms with E-state index in [0.29, 0.717) is 5.56 Å². The van der Waals surface area contributed by atoms with Crippen LogP contribution in [0.15, 0.2) is 24.3 Å². The largest absolute Gasteiger partial charge is 0.478 e. The van der Waals surface area contributed by atoms with Gasteiger partial charge in [0.2, 0.25) is 10.0 Å². The molecular weight excluding hydrogens is 286 g/mol. The summed E-state index contributed by atoms with van der Waals surface area (Å²) in [5.74, 6) is -1.47. The summed E-state index contributed by atoms with van der Waals surface area (Å²) in [6.07, 6.45) is -0.930. The third-order valence-electron chi connectivity index (χ3n) is 2.43. The summed E-state index contributed by atoms with van der Waals surface area (Å²) in [5.41, 5.74) is 0.385. The number of nitrogens with one attached hydrogen (secondary N) is 1. The number of methoxy groups -OCH3 is 1. The van der Waals surface area contributed by atoms with Crippen molar-refractivity contribution in [1.82, 2.24) is 4.72 Å². The summed E-state index contributed by atoms with van der Waals surface area (Å²) < 4.78 is 30.5. The standard InChI is InChI=1S/C12H17NO6S/c1-19-7-11(14)6-13-20(17,18)8-9-3-2-4-10(5-9)12(15)16/h2-5,11,13-14H,6-8H2,1H3,(H,15,16). The summed E-state index contributed by atoms with van der Waals surface area (Å²) in [4.78, 5) is 10.8. The zero-order valence-electron chi connectivity index (χ0n) is 10.9. The van der Waals surface area contributed by atoms with Crippen LogP contribution in [0.1, 0.15) is 15.9 Å². The first-order valence-electron chi connectivity index (χ1n) is 5.80. The molecule has 0 saturated carbocycles. The van der Waals surface area contributed by atoms with Crippen LogP contribution in [0, 0.1) is 0 Å². The molecule has 0 aromatic heterocycles. The van der Waals surface area contributed by atoms with Crippen molar-refractivity contribution >= 4 is 16.0 Å². The number of hydrogen-bond donors (Lipinski definition) is 3. The van der Waals surface area contributed by atoms with Gasteiger partial charge in [-0.05, 0) is 17.7 Å². The molecule has 8 heteroatoms. The van der Waals surface area contributed by atoms with E-state index >= 15 is 0 Å². The molecule has 0 aliphatic carbocycles. The molecule has 1 rings (SSSR count). The van der Waals surface area contributed by atoms with Gasteiger partial charge in [0, 0.05) is 13.7 Å². The van der Waals surface area contributed by atoms with E-state index in [4.69, 9.17) is 5.11 Å². The molecule has 0 spiro atoms. The van der Waals surface area contributed by atoms with E-state index in [0.717, 1.165) is 0 Å². The first-order valence-corrected chi connectivity index (χ1v) is 7.46. The Morgan fingerprint density at radius 3 is 2.75 bits per heavy atom. The minimum atomic E-state index is -3.65. The van der Waals surface area contributed by atoms with Gasteiger partial charge in [0.15, 0.2) is 0 Å². The van der Waals surface area contributed by atoms with E-state index < -0.39 is 22.1 Å². The van der Waals surface area contributed by atoms with Crippen molar-refractivity contribution < 1.29 is 28.2 Å². The van der Waals surface area contributed by atoms with Crippen LogP contribution in [0.3, 0.4) is 0 Å². The second-order valence-corrected chi connectivity index (χ2v) is 6.03. The van der Waals surface area contributed by atoms with Crippen LogP contribution in [0.25, 0.3) is 0 Å². The normalized spacial score (nSPS) is 13.1. The number of hydrogen-bond acceptors (Lipinski definition) is 5. The molecule has 20 heavy (non-hydrogen) atoms. The van der Waals surface area contributed by atoms with Crippen molar-refractivity contribution in [2.75, 3.05) is 20.3 Å². The van der Waals surface area contributed by atoms with Gasteiger partial charge in [0.25, 0.3) is 0 Å². The van der Waals surface area contributed by atoms with Gasteiger partial charge in [-0.1, -0.05) is 12.1 Å². The molecule has 0 aliphatic heterocycles. The minimum absolute atomic E-state index is 0.0248. The van der Waals surface area contributed by atoms with Crippen LogP contribution in [0.5, 0.6) is 0 Å². The van der Waals surface area contributed by atoms with Gasteiger partial charge in [0.05, 0.1) is 24.0 Å². The van der Waals surface area contributed by atoms with Crippen molar-refractivity contribution in [3.05, 3.63) is 35.4 Å². The number of carboxylic acids is 1. The Morgan fingerprint density at radius 2 is 2.15 bits per heavy atom. The number of carboxylic acid groups (broad SMARTS) is 1. The molecule has 112 valence electrons. The Bertz CT molecular complexity index is 557. The van der Waals surface area contributed by atoms with E-state index in [1.807, 2.05) is 0 Å².